The maximum atomic E-state index is 5.99. The van der Waals surface area contributed by atoms with Crippen LogP contribution >= 0.6 is 23.8 Å². The average Bonchev–Trinajstić information content (AvgIpc) is 2.48. The molecule has 4 heteroatoms. The number of rotatable bonds is 4. The van der Waals surface area contributed by atoms with Crippen LogP contribution in [-0.2, 0) is 0 Å². The van der Waals surface area contributed by atoms with Crippen LogP contribution in [0.1, 0.15) is 36.1 Å². The van der Waals surface area contributed by atoms with E-state index in [2.05, 4.69) is 49.6 Å². The molecule has 0 saturated heterocycles. The summed E-state index contributed by atoms with van der Waals surface area (Å²) in [6, 6.07) is 14.3. The molecule has 0 aliphatic heterocycles. The first-order valence-corrected chi connectivity index (χ1v) is 8.18. The Labute approximate surface area is 142 Å². The van der Waals surface area contributed by atoms with Crippen molar-refractivity contribution in [1.82, 2.24) is 5.32 Å². The maximum absolute atomic E-state index is 5.99. The van der Waals surface area contributed by atoms with Crippen molar-refractivity contribution in [2.75, 3.05) is 5.32 Å². The Hall–Kier alpha value is -1.58. The summed E-state index contributed by atoms with van der Waals surface area (Å²) in [7, 11) is 0. The molecule has 0 saturated carbocycles. The Bertz CT molecular complexity index is 670. The third kappa shape index (κ3) is 4.46. The predicted octanol–water partition coefficient (Wildman–Crippen LogP) is 5.39. The third-order valence-electron chi connectivity index (χ3n) is 3.73. The number of nitrogens with one attached hydrogen (secondary N) is 2. The molecule has 0 fully saturated rings. The van der Waals surface area contributed by atoms with Gasteiger partial charge in [-0.3, -0.25) is 0 Å². The van der Waals surface area contributed by atoms with E-state index in [1.54, 1.807) is 0 Å². The van der Waals surface area contributed by atoms with E-state index in [-0.39, 0.29) is 6.04 Å². The van der Waals surface area contributed by atoms with Gasteiger partial charge in [0.05, 0.1) is 6.04 Å². The lowest BCUT2D eigenvalue weighted by molar-refractivity contribution is 0.628. The fourth-order valence-corrected chi connectivity index (χ4v) is 2.74. The van der Waals surface area contributed by atoms with E-state index in [0.29, 0.717) is 10.1 Å². The number of hydrogen-bond acceptors (Lipinski definition) is 1. The number of anilines is 1. The molecule has 2 aromatic rings. The molecule has 1 atom stereocenters. The summed E-state index contributed by atoms with van der Waals surface area (Å²) in [5, 5.41) is 7.85. The van der Waals surface area contributed by atoms with Gasteiger partial charge in [-0.25, -0.2) is 0 Å². The number of halogens is 1. The van der Waals surface area contributed by atoms with Gasteiger partial charge in [-0.05, 0) is 67.4 Å². The van der Waals surface area contributed by atoms with E-state index in [9.17, 15) is 0 Å². The lowest BCUT2D eigenvalue weighted by Gasteiger charge is -2.21. The summed E-state index contributed by atoms with van der Waals surface area (Å²) >= 11 is 11.4. The Balaban J connectivity index is 2.06. The number of thiocarbonyl (C=S) groups is 1. The first-order chi connectivity index (χ1) is 10.5. The van der Waals surface area contributed by atoms with Crippen LogP contribution in [0.4, 0.5) is 5.69 Å². The summed E-state index contributed by atoms with van der Waals surface area (Å²) in [5.41, 5.74) is 4.74. The van der Waals surface area contributed by atoms with Crippen molar-refractivity contribution >= 4 is 34.6 Å². The van der Waals surface area contributed by atoms with E-state index in [0.717, 1.165) is 12.1 Å². The highest BCUT2D eigenvalue weighted by Gasteiger charge is 2.11. The quantitative estimate of drug-likeness (QED) is 0.733. The standard InChI is InChI=1S/C18H21ClN2S/c1-4-17(14-9-8-12(2)13(3)10-14)21-18(22)20-16-7-5-6-15(19)11-16/h5-11,17H,4H2,1-3H3,(H2,20,21,22)/t17-/m0/s1. The second kappa shape index (κ2) is 7.61. The van der Waals surface area contributed by atoms with Crippen LogP contribution in [0, 0.1) is 13.8 Å². The van der Waals surface area contributed by atoms with Crippen molar-refractivity contribution in [3.05, 3.63) is 64.2 Å². The summed E-state index contributed by atoms with van der Waals surface area (Å²) in [6.45, 7) is 6.40. The molecule has 2 rings (SSSR count). The first-order valence-electron chi connectivity index (χ1n) is 7.40. The Morgan fingerprint density at radius 1 is 1.14 bits per heavy atom. The van der Waals surface area contributed by atoms with Crippen molar-refractivity contribution < 1.29 is 0 Å². The number of benzene rings is 2. The highest BCUT2D eigenvalue weighted by molar-refractivity contribution is 7.80. The molecule has 2 nitrogen and oxygen atoms in total. The molecule has 0 heterocycles. The number of aryl methyl sites for hydroxylation is 2. The van der Waals surface area contributed by atoms with Crippen molar-refractivity contribution in [3.8, 4) is 0 Å². The van der Waals surface area contributed by atoms with E-state index >= 15 is 0 Å². The van der Waals surface area contributed by atoms with Gasteiger partial charge >= 0.3 is 0 Å². The molecule has 0 amide bonds. The Morgan fingerprint density at radius 2 is 1.91 bits per heavy atom. The zero-order valence-corrected chi connectivity index (χ0v) is 14.7. The van der Waals surface area contributed by atoms with Gasteiger partial charge in [-0.15, -0.1) is 0 Å². The molecule has 0 radical (unpaired) electrons. The topological polar surface area (TPSA) is 24.1 Å². The Morgan fingerprint density at radius 3 is 2.55 bits per heavy atom. The van der Waals surface area contributed by atoms with E-state index in [1.807, 2.05) is 24.3 Å². The molecule has 0 aliphatic carbocycles. The molecule has 0 spiro atoms. The van der Waals surface area contributed by atoms with Gasteiger partial charge in [0.2, 0.25) is 0 Å². The number of hydrogen-bond donors (Lipinski definition) is 2. The van der Waals surface area contributed by atoms with Gasteiger partial charge in [0.1, 0.15) is 0 Å². The molecular formula is C18H21ClN2S. The van der Waals surface area contributed by atoms with Crippen LogP contribution in [0.2, 0.25) is 5.02 Å². The molecule has 0 aromatic heterocycles. The molecule has 0 unspecified atom stereocenters. The van der Waals surface area contributed by atoms with Crippen LogP contribution in [0.5, 0.6) is 0 Å². The normalized spacial score (nSPS) is 11.8. The van der Waals surface area contributed by atoms with Gasteiger partial charge < -0.3 is 10.6 Å². The first kappa shape index (κ1) is 16.8. The lowest BCUT2D eigenvalue weighted by Crippen LogP contribution is -2.32. The average molecular weight is 333 g/mol. The van der Waals surface area contributed by atoms with Gasteiger partial charge in [0.25, 0.3) is 0 Å². The molecule has 0 aliphatic rings. The molecule has 2 N–H and O–H groups in total. The maximum Gasteiger partial charge on any atom is 0.171 e. The van der Waals surface area contributed by atoms with E-state index < -0.39 is 0 Å². The second-order valence-electron chi connectivity index (χ2n) is 5.41. The van der Waals surface area contributed by atoms with Gasteiger partial charge in [0.15, 0.2) is 5.11 Å². The minimum absolute atomic E-state index is 0.193. The smallest absolute Gasteiger partial charge is 0.171 e. The molecule has 0 bridgehead atoms. The summed E-state index contributed by atoms with van der Waals surface area (Å²) in [4.78, 5) is 0. The SMILES string of the molecule is CC[C@H](NC(=S)Nc1cccc(Cl)c1)c1ccc(C)c(C)c1. The third-order valence-corrected chi connectivity index (χ3v) is 4.18. The zero-order chi connectivity index (χ0) is 16.1. The predicted molar refractivity (Wildman–Crippen MR) is 99.8 cm³/mol. The van der Waals surface area contributed by atoms with Crippen LogP contribution in [-0.4, -0.2) is 5.11 Å². The van der Waals surface area contributed by atoms with Gasteiger partial charge in [0, 0.05) is 10.7 Å². The van der Waals surface area contributed by atoms with Crippen molar-refractivity contribution in [1.29, 1.82) is 0 Å². The fraction of sp³-hybridized carbons (Fsp3) is 0.278. The van der Waals surface area contributed by atoms with Crippen LogP contribution < -0.4 is 10.6 Å². The van der Waals surface area contributed by atoms with Crippen molar-refractivity contribution in [2.24, 2.45) is 0 Å². The lowest BCUT2D eigenvalue weighted by atomic mass is 9.99. The van der Waals surface area contributed by atoms with Crippen LogP contribution in [0.3, 0.4) is 0 Å². The summed E-state index contributed by atoms with van der Waals surface area (Å²) in [6.07, 6.45) is 0.958. The highest BCUT2D eigenvalue weighted by Crippen LogP contribution is 2.20. The van der Waals surface area contributed by atoms with Crippen molar-refractivity contribution in [3.63, 3.8) is 0 Å². The van der Waals surface area contributed by atoms with E-state index in [4.69, 9.17) is 23.8 Å². The molecule has 116 valence electrons. The zero-order valence-electron chi connectivity index (χ0n) is 13.1. The monoisotopic (exact) mass is 332 g/mol. The second-order valence-corrected chi connectivity index (χ2v) is 6.26. The highest BCUT2D eigenvalue weighted by atomic mass is 35.5. The molecular weight excluding hydrogens is 312 g/mol. The molecule has 22 heavy (non-hydrogen) atoms. The van der Waals surface area contributed by atoms with Crippen LogP contribution in [0.15, 0.2) is 42.5 Å². The van der Waals surface area contributed by atoms with Crippen LogP contribution in [0.25, 0.3) is 0 Å². The van der Waals surface area contributed by atoms with Gasteiger partial charge in [-0.1, -0.05) is 42.8 Å². The minimum Gasteiger partial charge on any atom is -0.356 e. The Kier molecular flexibility index (Phi) is 5.81. The molecule has 2 aromatic carbocycles. The fourth-order valence-electron chi connectivity index (χ4n) is 2.29. The van der Waals surface area contributed by atoms with Crippen molar-refractivity contribution in [2.45, 2.75) is 33.2 Å². The van der Waals surface area contributed by atoms with E-state index in [1.165, 1.54) is 16.7 Å². The summed E-state index contributed by atoms with van der Waals surface area (Å²) < 4.78 is 0. The van der Waals surface area contributed by atoms with Gasteiger partial charge in [-0.2, -0.15) is 0 Å². The minimum atomic E-state index is 0.193. The summed E-state index contributed by atoms with van der Waals surface area (Å²) in [5.74, 6) is 0. The largest absolute Gasteiger partial charge is 0.356 e.